The second-order valence-corrected chi connectivity index (χ2v) is 10.3. The van der Waals surface area contributed by atoms with E-state index in [1.807, 2.05) is 6.07 Å². The number of hydrogen-bond acceptors (Lipinski definition) is 5. The molecule has 2 N–H and O–H groups in total. The minimum atomic E-state index is 0.149. The molecule has 2 fully saturated rings. The molecule has 2 atom stereocenters. The van der Waals surface area contributed by atoms with Gasteiger partial charge in [-0.25, -0.2) is 0 Å². The number of aliphatic imine (C=N–C) groups is 1. The van der Waals surface area contributed by atoms with Gasteiger partial charge in [0, 0.05) is 31.2 Å². The van der Waals surface area contributed by atoms with Gasteiger partial charge in [-0.05, 0) is 86.1 Å². The number of ether oxygens (including phenoxy) is 2. The molecule has 3 heterocycles. The molecule has 0 bridgehead atoms. The van der Waals surface area contributed by atoms with Gasteiger partial charge in [-0.2, -0.15) is 0 Å². The molecule has 3 aliphatic heterocycles. The summed E-state index contributed by atoms with van der Waals surface area (Å²) in [7, 11) is 0. The molecule has 2 aromatic carbocycles. The van der Waals surface area contributed by atoms with Crippen molar-refractivity contribution in [2.75, 3.05) is 50.8 Å². The first-order valence-electron chi connectivity index (χ1n) is 13.2. The summed E-state index contributed by atoms with van der Waals surface area (Å²) in [6, 6.07) is 13.3. The van der Waals surface area contributed by atoms with Gasteiger partial charge in [0.15, 0.2) is 11.5 Å². The van der Waals surface area contributed by atoms with E-state index in [0.29, 0.717) is 19.1 Å². The number of allylic oxidation sites excluding steroid dienone is 1. The molecular weight excluding hydrogens is 436 g/mol. The zero-order chi connectivity index (χ0) is 23.6. The molecule has 6 nitrogen and oxygen atoms in total. The quantitative estimate of drug-likeness (QED) is 0.489. The largest absolute Gasteiger partial charge is 0.486 e. The maximum absolute atomic E-state index is 6.70. The Bertz CT molecular complexity index is 1120. The first kappa shape index (κ1) is 22.5. The van der Waals surface area contributed by atoms with E-state index >= 15 is 0 Å². The van der Waals surface area contributed by atoms with Gasteiger partial charge in [-0.3, -0.25) is 4.99 Å². The molecule has 0 saturated carbocycles. The predicted molar refractivity (Wildman–Crippen MR) is 142 cm³/mol. The van der Waals surface area contributed by atoms with E-state index in [9.17, 15) is 0 Å². The number of rotatable bonds is 7. The highest BCUT2D eigenvalue weighted by Gasteiger charge is 2.27. The summed E-state index contributed by atoms with van der Waals surface area (Å²) < 4.78 is 11.5. The molecule has 4 aliphatic rings. The van der Waals surface area contributed by atoms with Crippen molar-refractivity contribution in [1.82, 2.24) is 4.90 Å². The maximum Gasteiger partial charge on any atom is 0.161 e. The second-order valence-electron chi connectivity index (χ2n) is 10.3. The molecule has 2 aromatic rings. The number of fused-ring (bicyclic) bond motifs is 2. The summed E-state index contributed by atoms with van der Waals surface area (Å²) in [5, 5.41) is 0. The summed E-state index contributed by atoms with van der Waals surface area (Å²) in [5.41, 5.74) is 12.0. The fraction of sp³-hybridized carbons (Fsp3) is 0.483. The topological polar surface area (TPSA) is 63.3 Å². The average molecular weight is 473 g/mol. The van der Waals surface area contributed by atoms with E-state index in [-0.39, 0.29) is 6.04 Å². The van der Waals surface area contributed by atoms with Crippen LogP contribution in [0.3, 0.4) is 0 Å². The number of anilines is 1. The first-order chi connectivity index (χ1) is 17.2. The van der Waals surface area contributed by atoms with Gasteiger partial charge < -0.3 is 25.0 Å². The van der Waals surface area contributed by atoms with Gasteiger partial charge in [-0.15, -0.1) is 0 Å². The van der Waals surface area contributed by atoms with Crippen LogP contribution in [0, 0.1) is 5.92 Å². The van der Waals surface area contributed by atoms with E-state index in [4.69, 9.17) is 20.2 Å². The fourth-order valence-electron chi connectivity index (χ4n) is 5.89. The van der Waals surface area contributed by atoms with Crippen molar-refractivity contribution in [3.05, 3.63) is 59.2 Å². The van der Waals surface area contributed by atoms with Crippen LogP contribution in [0.25, 0.3) is 6.08 Å². The molecule has 6 rings (SSSR count). The summed E-state index contributed by atoms with van der Waals surface area (Å²) in [5.74, 6) is 2.81. The zero-order valence-corrected chi connectivity index (χ0v) is 20.5. The lowest BCUT2D eigenvalue weighted by Crippen LogP contribution is -2.34. The lowest BCUT2D eigenvalue weighted by atomic mass is 10.0. The zero-order valence-electron chi connectivity index (χ0n) is 20.5. The first-order valence-corrected chi connectivity index (χ1v) is 13.2. The predicted octanol–water partition coefficient (Wildman–Crippen LogP) is 3.92. The Morgan fingerprint density at radius 2 is 1.89 bits per heavy atom. The Morgan fingerprint density at radius 1 is 1.03 bits per heavy atom. The Morgan fingerprint density at radius 3 is 2.77 bits per heavy atom. The molecule has 0 aromatic heterocycles. The molecule has 35 heavy (non-hydrogen) atoms. The SMILES string of the molecule is NC(=NC(Cc1ccc2c(c1)OCCO2)CN1CCCC1)C1CCN(c2ccc3c(c2)CC=C3)C1. The second kappa shape index (κ2) is 9.94. The van der Waals surface area contributed by atoms with E-state index in [2.05, 4.69) is 52.3 Å². The number of amidine groups is 1. The van der Waals surface area contributed by atoms with Gasteiger partial charge in [0.1, 0.15) is 13.2 Å². The molecule has 0 spiro atoms. The van der Waals surface area contributed by atoms with Gasteiger partial charge in [0.05, 0.1) is 11.9 Å². The normalized spacial score (nSPS) is 22.6. The molecule has 6 heteroatoms. The lowest BCUT2D eigenvalue weighted by Gasteiger charge is -2.24. The van der Waals surface area contributed by atoms with E-state index in [1.165, 1.54) is 35.2 Å². The van der Waals surface area contributed by atoms with E-state index < -0.39 is 0 Å². The Balaban J connectivity index is 1.16. The van der Waals surface area contributed by atoms with Crippen LogP contribution in [-0.4, -0.2) is 62.7 Å². The third kappa shape index (κ3) is 5.03. The van der Waals surface area contributed by atoms with Gasteiger partial charge >= 0.3 is 0 Å². The molecule has 2 saturated heterocycles. The molecule has 0 amide bonds. The van der Waals surface area contributed by atoms with Crippen molar-refractivity contribution >= 4 is 17.6 Å². The monoisotopic (exact) mass is 472 g/mol. The number of nitrogens with zero attached hydrogens (tertiary/aromatic N) is 3. The van der Waals surface area contributed by atoms with Crippen molar-refractivity contribution in [2.24, 2.45) is 16.6 Å². The molecule has 184 valence electrons. The molecular formula is C29H36N4O2. The third-order valence-electron chi connectivity index (χ3n) is 7.81. The highest BCUT2D eigenvalue weighted by atomic mass is 16.6. The Labute approximate surface area is 208 Å². The smallest absolute Gasteiger partial charge is 0.161 e. The van der Waals surface area contributed by atoms with E-state index in [1.54, 1.807) is 0 Å². The van der Waals surface area contributed by atoms with Gasteiger partial charge in [0.25, 0.3) is 0 Å². The van der Waals surface area contributed by atoms with Gasteiger partial charge in [-0.1, -0.05) is 24.3 Å². The molecule has 2 unspecified atom stereocenters. The third-order valence-corrected chi connectivity index (χ3v) is 7.81. The van der Waals surface area contributed by atoms with Gasteiger partial charge in [0.2, 0.25) is 0 Å². The Hall–Kier alpha value is -2.99. The summed E-state index contributed by atoms with van der Waals surface area (Å²) in [6.07, 6.45) is 10.00. The highest BCUT2D eigenvalue weighted by Crippen LogP contribution is 2.32. The summed E-state index contributed by atoms with van der Waals surface area (Å²) in [6.45, 7) is 6.50. The summed E-state index contributed by atoms with van der Waals surface area (Å²) in [4.78, 5) is 10.2. The van der Waals surface area contributed by atoms with Crippen LogP contribution in [0.1, 0.15) is 36.0 Å². The number of nitrogens with two attached hydrogens (primary N) is 1. The molecule has 1 aliphatic carbocycles. The van der Waals surface area contributed by atoms with Crippen molar-refractivity contribution < 1.29 is 9.47 Å². The van der Waals surface area contributed by atoms with Crippen LogP contribution in [0.2, 0.25) is 0 Å². The van der Waals surface area contributed by atoms with Crippen LogP contribution >= 0.6 is 0 Å². The minimum Gasteiger partial charge on any atom is -0.486 e. The van der Waals surface area contributed by atoms with Crippen LogP contribution in [0.4, 0.5) is 5.69 Å². The van der Waals surface area contributed by atoms with Crippen LogP contribution in [0.5, 0.6) is 11.5 Å². The lowest BCUT2D eigenvalue weighted by molar-refractivity contribution is 0.171. The Kier molecular flexibility index (Phi) is 6.38. The van der Waals surface area contributed by atoms with Crippen molar-refractivity contribution in [2.45, 2.75) is 38.1 Å². The van der Waals surface area contributed by atoms with Crippen molar-refractivity contribution in [3.63, 3.8) is 0 Å². The number of likely N-dealkylation sites (tertiary alicyclic amines) is 1. The van der Waals surface area contributed by atoms with Crippen molar-refractivity contribution in [3.8, 4) is 11.5 Å². The average Bonchev–Trinajstić information content (AvgIpc) is 3.65. The van der Waals surface area contributed by atoms with Crippen LogP contribution in [0.15, 0.2) is 47.5 Å². The van der Waals surface area contributed by atoms with E-state index in [0.717, 1.165) is 69.3 Å². The minimum absolute atomic E-state index is 0.149. The summed E-state index contributed by atoms with van der Waals surface area (Å²) >= 11 is 0. The number of benzene rings is 2. The van der Waals surface area contributed by atoms with Crippen molar-refractivity contribution in [1.29, 1.82) is 0 Å². The number of hydrogen-bond donors (Lipinski definition) is 1. The fourth-order valence-corrected chi connectivity index (χ4v) is 5.89. The van der Waals surface area contributed by atoms with Crippen LogP contribution in [-0.2, 0) is 12.8 Å². The van der Waals surface area contributed by atoms with Crippen LogP contribution < -0.4 is 20.1 Å². The maximum atomic E-state index is 6.70. The standard InChI is InChI=1S/C29H36N4O2/c30-29(24-10-13-33(19-24)26-8-7-22-4-3-5-23(22)18-26)31-25(20-32-11-1-2-12-32)16-21-6-9-27-28(17-21)35-15-14-34-27/h3-4,6-9,17-18,24-25H,1-2,5,10-16,19-20H2,(H2,30,31). The highest BCUT2D eigenvalue weighted by molar-refractivity contribution is 5.84. The molecule has 0 radical (unpaired) electrons.